The zero-order chi connectivity index (χ0) is 20.1. The number of nitrogens with zero attached hydrogens (tertiary/aromatic N) is 2. The van der Waals surface area contributed by atoms with E-state index in [0.29, 0.717) is 5.69 Å². The second-order valence-corrected chi connectivity index (χ2v) is 6.66. The van der Waals surface area contributed by atoms with Gasteiger partial charge in [-0.1, -0.05) is 6.07 Å². The molecule has 0 unspecified atom stereocenters. The minimum absolute atomic E-state index is 0.118. The fraction of sp³-hybridized carbons (Fsp3) is 0.167. The van der Waals surface area contributed by atoms with Gasteiger partial charge in [-0.2, -0.15) is 18.3 Å². The Morgan fingerprint density at radius 1 is 1.11 bits per heavy atom. The number of rotatable bonds is 5. The van der Waals surface area contributed by atoms with Gasteiger partial charge in [0.05, 0.1) is 17.0 Å². The number of hydrogen-bond acceptors (Lipinski definition) is 4. The maximum Gasteiger partial charge on any atom is 0.416 e. The SMILES string of the molecule is O=C(NCCn1nc(-c2cccs2)ccc1=O)Nc1ccc(C(F)(F)F)cc1. The number of carbonyl (C=O) groups is 1. The van der Waals surface area contributed by atoms with Gasteiger partial charge in [0.1, 0.15) is 5.69 Å². The number of thiophene rings is 1. The lowest BCUT2D eigenvalue weighted by Crippen LogP contribution is -2.34. The summed E-state index contributed by atoms with van der Waals surface area (Å²) in [4.78, 5) is 24.7. The van der Waals surface area contributed by atoms with Crippen LogP contribution < -0.4 is 16.2 Å². The molecule has 2 heterocycles. The number of aromatic nitrogens is 2. The normalized spacial score (nSPS) is 11.2. The Morgan fingerprint density at radius 3 is 2.50 bits per heavy atom. The van der Waals surface area contributed by atoms with E-state index in [4.69, 9.17) is 0 Å². The number of halogens is 3. The number of benzene rings is 1. The molecule has 6 nitrogen and oxygen atoms in total. The lowest BCUT2D eigenvalue weighted by Gasteiger charge is -2.10. The van der Waals surface area contributed by atoms with Gasteiger partial charge in [0.15, 0.2) is 0 Å². The smallest absolute Gasteiger partial charge is 0.336 e. The number of carbonyl (C=O) groups excluding carboxylic acids is 1. The highest BCUT2D eigenvalue weighted by Gasteiger charge is 2.29. The molecule has 3 rings (SSSR count). The molecule has 0 saturated carbocycles. The molecule has 0 aliphatic heterocycles. The molecule has 1 aromatic carbocycles. The van der Waals surface area contributed by atoms with Gasteiger partial charge in [0.25, 0.3) is 5.56 Å². The molecule has 0 aliphatic carbocycles. The molecule has 0 saturated heterocycles. The number of alkyl halides is 3. The summed E-state index contributed by atoms with van der Waals surface area (Å²) in [7, 11) is 0. The third-order valence-corrected chi connectivity index (χ3v) is 4.61. The van der Waals surface area contributed by atoms with Crippen molar-refractivity contribution in [2.24, 2.45) is 0 Å². The Labute approximate surface area is 161 Å². The highest BCUT2D eigenvalue weighted by Crippen LogP contribution is 2.29. The Kier molecular flexibility index (Phi) is 5.78. The second-order valence-electron chi connectivity index (χ2n) is 5.71. The predicted molar refractivity (Wildman–Crippen MR) is 100 cm³/mol. The van der Waals surface area contributed by atoms with Crippen molar-refractivity contribution in [3.63, 3.8) is 0 Å². The second kappa shape index (κ2) is 8.26. The zero-order valence-corrected chi connectivity index (χ0v) is 15.2. The molecule has 2 amide bonds. The molecular formula is C18H15F3N4O2S. The van der Waals surface area contributed by atoms with Gasteiger partial charge in [-0.05, 0) is 41.8 Å². The quantitative estimate of drug-likeness (QED) is 0.674. The van der Waals surface area contributed by atoms with Gasteiger partial charge in [0, 0.05) is 18.3 Å². The van der Waals surface area contributed by atoms with E-state index in [2.05, 4.69) is 15.7 Å². The van der Waals surface area contributed by atoms with E-state index in [1.165, 1.54) is 34.2 Å². The molecule has 3 aromatic rings. The Morgan fingerprint density at radius 2 is 1.86 bits per heavy atom. The Hall–Kier alpha value is -3.14. The van der Waals surface area contributed by atoms with Crippen molar-refractivity contribution < 1.29 is 18.0 Å². The number of urea groups is 1. The van der Waals surface area contributed by atoms with E-state index < -0.39 is 17.8 Å². The minimum Gasteiger partial charge on any atom is -0.336 e. The van der Waals surface area contributed by atoms with Crippen molar-refractivity contribution in [1.82, 2.24) is 15.1 Å². The largest absolute Gasteiger partial charge is 0.416 e. The van der Waals surface area contributed by atoms with E-state index in [0.717, 1.165) is 17.0 Å². The van der Waals surface area contributed by atoms with Gasteiger partial charge in [-0.15, -0.1) is 11.3 Å². The van der Waals surface area contributed by atoms with Crippen molar-refractivity contribution in [3.05, 3.63) is 69.8 Å². The lowest BCUT2D eigenvalue weighted by molar-refractivity contribution is -0.137. The molecule has 0 bridgehead atoms. The molecule has 10 heteroatoms. The highest BCUT2D eigenvalue weighted by molar-refractivity contribution is 7.13. The van der Waals surface area contributed by atoms with Gasteiger partial charge >= 0.3 is 12.2 Å². The minimum atomic E-state index is -4.43. The third kappa shape index (κ3) is 4.97. The first kappa shape index (κ1) is 19.6. The highest BCUT2D eigenvalue weighted by atomic mass is 32.1. The Balaban J connectivity index is 1.54. The van der Waals surface area contributed by atoms with E-state index in [1.807, 2.05) is 17.5 Å². The van der Waals surface area contributed by atoms with Crippen LogP contribution in [0.5, 0.6) is 0 Å². The maximum absolute atomic E-state index is 12.5. The van der Waals surface area contributed by atoms with Crippen LogP contribution in [0.1, 0.15) is 5.56 Å². The van der Waals surface area contributed by atoms with Crippen LogP contribution in [0.3, 0.4) is 0 Å². The summed E-state index contributed by atoms with van der Waals surface area (Å²) < 4.78 is 38.8. The molecule has 0 aliphatic rings. The molecule has 2 N–H and O–H groups in total. The molecule has 0 fully saturated rings. The lowest BCUT2D eigenvalue weighted by atomic mass is 10.2. The van der Waals surface area contributed by atoms with Crippen LogP contribution in [0.2, 0.25) is 0 Å². The van der Waals surface area contributed by atoms with Gasteiger partial charge in [-0.25, -0.2) is 9.48 Å². The van der Waals surface area contributed by atoms with Gasteiger partial charge in [-0.3, -0.25) is 4.79 Å². The molecule has 0 radical (unpaired) electrons. The van der Waals surface area contributed by atoms with E-state index in [9.17, 15) is 22.8 Å². The fourth-order valence-corrected chi connectivity index (χ4v) is 3.05. The van der Waals surface area contributed by atoms with E-state index in [1.54, 1.807) is 6.07 Å². The van der Waals surface area contributed by atoms with Crippen LogP contribution in [0.4, 0.5) is 23.7 Å². The predicted octanol–water partition coefficient (Wildman–Crippen LogP) is 3.81. The van der Waals surface area contributed by atoms with E-state index >= 15 is 0 Å². The summed E-state index contributed by atoms with van der Waals surface area (Å²) in [5, 5.41) is 11.1. The van der Waals surface area contributed by atoms with Crippen LogP contribution in [-0.2, 0) is 12.7 Å². The zero-order valence-electron chi connectivity index (χ0n) is 14.4. The monoisotopic (exact) mass is 408 g/mol. The molecule has 2 aromatic heterocycles. The summed E-state index contributed by atoms with van der Waals surface area (Å²) >= 11 is 1.49. The molecule has 0 atom stereocenters. The van der Waals surface area contributed by atoms with Crippen LogP contribution in [-0.4, -0.2) is 22.4 Å². The summed E-state index contributed by atoms with van der Waals surface area (Å²) in [6.07, 6.45) is -4.43. The summed E-state index contributed by atoms with van der Waals surface area (Å²) in [6, 6.07) is 10.3. The van der Waals surface area contributed by atoms with Crippen LogP contribution in [0, 0.1) is 0 Å². The van der Waals surface area contributed by atoms with Crippen molar-refractivity contribution in [1.29, 1.82) is 0 Å². The molecule has 146 valence electrons. The van der Waals surface area contributed by atoms with Crippen LogP contribution in [0.25, 0.3) is 10.6 Å². The van der Waals surface area contributed by atoms with E-state index in [-0.39, 0.29) is 24.3 Å². The standard InChI is InChI=1S/C18H15F3N4O2S/c19-18(20,21)12-3-5-13(6-4-12)23-17(27)22-9-10-25-16(26)8-7-14(24-25)15-2-1-11-28-15/h1-8,11H,9-10H2,(H2,22,23,27). The van der Waals surface area contributed by atoms with Crippen LogP contribution >= 0.6 is 11.3 Å². The summed E-state index contributed by atoms with van der Waals surface area (Å²) in [5.41, 5.74) is -0.218. The van der Waals surface area contributed by atoms with Gasteiger partial charge in [0.2, 0.25) is 0 Å². The number of amides is 2. The third-order valence-electron chi connectivity index (χ3n) is 3.72. The summed E-state index contributed by atoms with van der Waals surface area (Å²) in [6.45, 7) is 0.270. The molecular weight excluding hydrogens is 393 g/mol. The van der Waals surface area contributed by atoms with Crippen LogP contribution in [0.15, 0.2) is 58.7 Å². The fourth-order valence-electron chi connectivity index (χ4n) is 2.36. The first-order chi connectivity index (χ1) is 13.3. The maximum atomic E-state index is 12.5. The molecule has 28 heavy (non-hydrogen) atoms. The van der Waals surface area contributed by atoms with Gasteiger partial charge < -0.3 is 10.6 Å². The topological polar surface area (TPSA) is 76.0 Å². The number of nitrogens with one attached hydrogen (secondary N) is 2. The van der Waals surface area contributed by atoms with Crippen molar-refractivity contribution in [2.75, 3.05) is 11.9 Å². The first-order valence-electron chi connectivity index (χ1n) is 8.17. The average Bonchev–Trinajstić information content (AvgIpc) is 3.17. The molecule has 0 spiro atoms. The van der Waals surface area contributed by atoms with Crippen molar-refractivity contribution >= 4 is 23.1 Å². The van der Waals surface area contributed by atoms with Crippen molar-refractivity contribution in [2.45, 2.75) is 12.7 Å². The Bertz CT molecular complexity index is 999. The number of anilines is 1. The average molecular weight is 408 g/mol. The first-order valence-corrected chi connectivity index (χ1v) is 9.05. The number of hydrogen-bond donors (Lipinski definition) is 2. The van der Waals surface area contributed by atoms with Crippen molar-refractivity contribution in [3.8, 4) is 10.6 Å². The summed E-state index contributed by atoms with van der Waals surface area (Å²) in [5.74, 6) is 0.